The van der Waals surface area contributed by atoms with E-state index in [-0.39, 0.29) is 5.97 Å². The highest BCUT2D eigenvalue weighted by Crippen LogP contribution is 2.41. The minimum Gasteiger partial charge on any atom is -0.462 e. The quantitative estimate of drug-likeness (QED) is 0.563. The molecule has 1 aromatic rings. The molecule has 0 spiro atoms. The van der Waals surface area contributed by atoms with Crippen LogP contribution in [0.1, 0.15) is 35.6 Å². The zero-order chi connectivity index (χ0) is 13.4. The SMILES string of the molecule is C=C1CCc2c(C)c(OC(C)=O)c(C)c(C)c2O1. The lowest BCUT2D eigenvalue weighted by molar-refractivity contribution is -0.131. The van der Waals surface area contributed by atoms with E-state index in [4.69, 9.17) is 9.47 Å². The fourth-order valence-corrected chi connectivity index (χ4v) is 2.35. The van der Waals surface area contributed by atoms with Crippen LogP contribution >= 0.6 is 0 Å². The third-order valence-corrected chi connectivity index (χ3v) is 3.46. The summed E-state index contributed by atoms with van der Waals surface area (Å²) in [6.45, 7) is 11.2. The number of esters is 1. The van der Waals surface area contributed by atoms with Crippen LogP contribution in [0.25, 0.3) is 0 Å². The first-order valence-electron chi connectivity index (χ1n) is 6.08. The van der Waals surface area contributed by atoms with Gasteiger partial charge in [0.25, 0.3) is 0 Å². The molecular weight excluding hydrogens is 228 g/mol. The van der Waals surface area contributed by atoms with Crippen LogP contribution in [0.15, 0.2) is 12.3 Å². The van der Waals surface area contributed by atoms with Gasteiger partial charge in [0, 0.05) is 18.9 Å². The Morgan fingerprint density at radius 3 is 2.44 bits per heavy atom. The Labute approximate surface area is 107 Å². The molecule has 0 fully saturated rings. The minimum absolute atomic E-state index is 0.290. The Bertz CT molecular complexity index is 541. The van der Waals surface area contributed by atoms with Crippen LogP contribution in [0, 0.1) is 20.8 Å². The van der Waals surface area contributed by atoms with E-state index in [1.54, 1.807) is 0 Å². The molecule has 0 bridgehead atoms. The second-order valence-corrected chi connectivity index (χ2v) is 4.75. The number of fused-ring (bicyclic) bond motifs is 1. The van der Waals surface area contributed by atoms with Gasteiger partial charge < -0.3 is 9.47 Å². The number of carbonyl (C=O) groups is 1. The molecule has 0 aliphatic carbocycles. The maximum Gasteiger partial charge on any atom is 0.308 e. The van der Waals surface area contributed by atoms with E-state index < -0.39 is 0 Å². The maximum absolute atomic E-state index is 11.2. The summed E-state index contributed by atoms with van der Waals surface area (Å²) >= 11 is 0. The van der Waals surface area contributed by atoms with E-state index >= 15 is 0 Å². The summed E-state index contributed by atoms with van der Waals surface area (Å²) in [4.78, 5) is 11.2. The summed E-state index contributed by atoms with van der Waals surface area (Å²) in [5, 5.41) is 0. The van der Waals surface area contributed by atoms with Gasteiger partial charge in [0.2, 0.25) is 0 Å². The molecule has 96 valence electrons. The summed E-state index contributed by atoms with van der Waals surface area (Å²) in [6, 6.07) is 0. The summed E-state index contributed by atoms with van der Waals surface area (Å²) < 4.78 is 11.1. The molecular formula is C15H18O3. The normalized spacial score (nSPS) is 13.9. The van der Waals surface area contributed by atoms with E-state index in [1.165, 1.54) is 6.92 Å². The third-order valence-electron chi connectivity index (χ3n) is 3.46. The Morgan fingerprint density at radius 2 is 1.83 bits per heavy atom. The predicted molar refractivity (Wildman–Crippen MR) is 70.1 cm³/mol. The van der Waals surface area contributed by atoms with E-state index in [0.29, 0.717) is 5.75 Å². The molecule has 0 aromatic heterocycles. The third kappa shape index (κ3) is 2.01. The van der Waals surface area contributed by atoms with Crippen molar-refractivity contribution in [1.82, 2.24) is 0 Å². The van der Waals surface area contributed by atoms with Crippen molar-refractivity contribution < 1.29 is 14.3 Å². The summed E-state index contributed by atoms with van der Waals surface area (Å²) in [5.41, 5.74) is 4.10. The largest absolute Gasteiger partial charge is 0.462 e. The lowest BCUT2D eigenvalue weighted by Gasteiger charge is -2.25. The van der Waals surface area contributed by atoms with Gasteiger partial charge in [0.15, 0.2) is 0 Å². The van der Waals surface area contributed by atoms with Crippen molar-refractivity contribution in [3.8, 4) is 11.5 Å². The van der Waals surface area contributed by atoms with E-state index in [2.05, 4.69) is 6.58 Å². The number of benzene rings is 1. The van der Waals surface area contributed by atoms with Crippen molar-refractivity contribution in [2.45, 2.75) is 40.5 Å². The molecule has 1 aliphatic heterocycles. The summed E-state index contributed by atoms with van der Waals surface area (Å²) in [6.07, 6.45) is 1.70. The number of hydrogen-bond acceptors (Lipinski definition) is 3. The van der Waals surface area contributed by atoms with Crippen LogP contribution in [0.3, 0.4) is 0 Å². The van der Waals surface area contributed by atoms with Crippen LogP contribution in [0.5, 0.6) is 11.5 Å². The van der Waals surface area contributed by atoms with Gasteiger partial charge in [0.1, 0.15) is 11.5 Å². The molecule has 3 nitrogen and oxygen atoms in total. The van der Waals surface area contributed by atoms with Crippen molar-refractivity contribution >= 4 is 5.97 Å². The highest BCUT2D eigenvalue weighted by Gasteiger charge is 2.24. The number of rotatable bonds is 1. The smallest absolute Gasteiger partial charge is 0.308 e. The van der Waals surface area contributed by atoms with Crippen molar-refractivity contribution in [1.29, 1.82) is 0 Å². The highest BCUT2D eigenvalue weighted by atomic mass is 16.5. The molecule has 2 rings (SSSR count). The Hall–Kier alpha value is -1.77. The molecule has 3 heteroatoms. The van der Waals surface area contributed by atoms with Crippen LogP contribution in [0.2, 0.25) is 0 Å². The van der Waals surface area contributed by atoms with Gasteiger partial charge in [-0.15, -0.1) is 0 Å². The van der Waals surface area contributed by atoms with Gasteiger partial charge in [-0.3, -0.25) is 4.79 Å². The molecule has 0 saturated heterocycles. The molecule has 1 aromatic carbocycles. The molecule has 1 heterocycles. The Balaban J connectivity index is 2.62. The van der Waals surface area contributed by atoms with E-state index in [0.717, 1.165) is 46.6 Å². The van der Waals surface area contributed by atoms with Gasteiger partial charge >= 0.3 is 5.97 Å². The van der Waals surface area contributed by atoms with Crippen LogP contribution in [-0.2, 0) is 11.2 Å². The van der Waals surface area contributed by atoms with Crippen molar-refractivity contribution in [3.63, 3.8) is 0 Å². The van der Waals surface area contributed by atoms with Gasteiger partial charge in [-0.1, -0.05) is 6.58 Å². The van der Waals surface area contributed by atoms with Crippen LogP contribution in [0.4, 0.5) is 0 Å². The Kier molecular flexibility index (Phi) is 3.16. The average Bonchev–Trinajstić information content (AvgIpc) is 2.31. The fraction of sp³-hybridized carbons (Fsp3) is 0.400. The molecule has 1 aliphatic rings. The van der Waals surface area contributed by atoms with Crippen LogP contribution in [-0.4, -0.2) is 5.97 Å². The zero-order valence-corrected chi connectivity index (χ0v) is 11.3. The molecule has 0 saturated carbocycles. The fourth-order valence-electron chi connectivity index (χ4n) is 2.35. The summed E-state index contributed by atoms with van der Waals surface area (Å²) in [5.74, 6) is 2.07. The molecule has 0 N–H and O–H groups in total. The lowest BCUT2D eigenvalue weighted by atomic mass is 9.93. The first-order chi connectivity index (χ1) is 8.41. The van der Waals surface area contributed by atoms with Crippen molar-refractivity contribution in [2.75, 3.05) is 0 Å². The van der Waals surface area contributed by atoms with Gasteiger partial charge in [-0.25, -0.2) is 0 Å². The number of carbonyl (C=O) groups excluding carboxylic acids is 1. The minimum atomic E-state index is -0.290. The molecule has 18 heavy (non-hydrogen) atoms. The molecule has 0 radical (unpaired) electrons. The molecule has 0 unspecified atom stereocenters. The molecule has 0 atom stereocenters. The zero-order valence-electron chi connectivity index (χ0n) is 11.3. The number of ether oxygens (including phenoxy) is 2. The molecule has 0 amide bonds. The van der Waals surface area contributed by atoms with E-state index in [1.807, 2.05) is 20.8 Å². The monoisotopic (exact) mass is 246 g/mol. The summed E-state index contributed by atoms with van der Waals surface area (Å²) in [7, 11) is 0. The first kappa shape index (κ1) is 12.7. The number of hydrogen-bond donors (Lipinski definition) is 0. The van der Waals surface area contributed by atoms with E-state index in [9.17, 15) is 4.79 Å². The topological polar surface area (TPSA) is 35.5 Å². The van der Waals surface area contributed by atoms with Gasteiger partial charge in [0.05, 0.1) is 5.76 Å². The van der Waals surface area contributed by atoms with Gasteiger partial charge in [-0.2, -0.15) is 0 Å². The first-order valence-corrected chi connectivity index (χ1v) is 6.08. The predicted octanol–water partition coefficient (Wildman–Crippen LogP) is 3.38. The second kappa shape index (κ2) is 4.48. The van der Waals surface area contributed by atoms with Crippen molar-refractivity contribution in [3.05, 3.63) is 34.6 Å². The highest BCUT2D eigenvalue weighted by molar-refractivity contribution is 5.72. The maximum atomic E-state index is 11.2. The van der Waals surface area contributed by atoms with Gasteiger partial charge in [-0.05, 0) is 43.9 Å². The lowest BCUT2D eigenvalue weighted by Crippen LogP contribution is -2.13. The Morgan fingerprint density at radius 1 is 1.17 bits per heavy atom. The number of allylic oxidation sites excluding steroid dienone is 1. The standard InChI is InChI=1S/C15H18O3/c1-8-6-7-13-11(4)14(18-12(5)16)9(2)10(3)15(13)17-8/h1,6-7H2,2-5H3. The van der Waals surface area contributed by atoms with Crippen molar-refractivity contribution in [2.24, 2.45) is 0 Å². The average molecular weight is 246 g/mol. The van der Waals surface area contributed by atoms with Crippen LogP contribution < -0.4 is 9.47 Å². The second-order valence-electron chi connectivity index (χ2n) is 4.75.